The van der Waals surface area contributed by atoms with Crippen molar-refractivity contribution in [1.29, 1.82) is 0 Å². The number of ether oxygens (including phenoxy) is 3. The molecule has 2 rings (SSSR count). The molecular weight excluding hydrogens is 344 g/mol. The summed E-state index contributed by atoms with van der Waals surface area (Å²) in [5.41, 5.74) is 28.1. The van der Waals surface area contributed by atoms with Crippen LogP contribution in [0, 0.1) is 0 Å². The molecule has 2 aromatic carbocycles. The van der Waals surface area contributed by atoms with E-state index in [0.717, 1.165) is 11.1 Å². The van der Waals surface area contributed by atoms with Crippen molar-refractivity contribution in [2.75, 3.05) is 49.4 Å². The summed E-state index contributed by atoms with van der Waals surface area (Å²) >= 11 is 0. The van der Waals surface area contributed by atoms with Gasteiger partial charge in [0.25, 0.3) is 0 Å². The minimum Gasteiger partial charge on any atom is -0.399 e. The first-order chi connectivity index (χ1) is 13.0. The van der Waals surface area contributed by atoms with Crippen LogP contribution in [-0.4, -0.2) is 26.4 Å². The van der Waals surface area contributed by atoms with Crippen molar-refractivity contribution in [3.63, 3.8) is 0 Å². The van der Waals surface area contributed by atoms with E-state index >= 15 is 0 Å². The third kappa shape index (κ3) is 5.75. The maximum Gasteiger partial charge on any atom is 0.108 e. The molecule has 0 amide bonds. The molecule has 2 aromatic rings. The Morgan fingerprint density at radius 3 is 1.48 bits per heavy atom. The summed E-state index contributed by atoms with van der Waals surface area (Å²) < 4.78 is 17.5. The highest BCUT2D eigenvalue weighted by Crippen LogP contribution is 2.29. The second-order valence-corrected chi connectivity index (χ2v) is 6.20. The number of anilines is 4. The van der Waals surface area contributed by atoms with Gasteiger partial charge in [0.05, 0.1) is 13.2 Å². The van der Waals surface area contributed by atoms with Crippen LogP contribution in [0.25, 0.3) is 0 Å². The molecule has 0 aliphatic carbocycles. The summed E-state index contributed by atoms with van der Waals surface area (Å²) in [5.74, 6) is 0. The van der Waals surface area contributed by atoms with Gasteiger partial charge in [0.15, 0.2) is 0 Å². The zero-order chi connectivity index (χ0) is 19.8. The van der Waals surface area contributed by atoms with Gasteiger partial charge < -0.3 is 37.1 Å². The fourth-order valence-corrected chi connectivity index (χ4v) is 2.88. The van der Waals surface area contributed by atoms with Gasteiger partial charge in [-0.05, 0) is 50.2 Å². The fraction of sp³-hybridized carbons (Fsp3) is 0.400. The zero-order valence-corrected chi connectivity index (χ0v) is 16.0. The van der Waals surface area contributed by atoms with Crippen LogP contribution in [0.5, 0.6) is 0 Å². The van der Waals surface area contributed by atoms with Crippen molar-refractivity contribution in [3.8, 4) is 0 Å². The molecule has 0 aromatic heterocycles. The van der Waals surface area contributed by atoms with Crippen molar-refractivity contribution >= 4 is 22.7 Å². The van der Waals surface area contributed by atoms with Crippen LogP contribution in [-0.2, 0) is 14.2 Å². The molecule has 2 atom stereocenters. The quantitative estimate of drug-likeness (QED) is 0.470. The molecule has 7 nitrogen and oxygen atoms in total. The zero-order valence-electron chi connectivity index (χ0n) is 16.0. The molecule has 7 heteroatoms. The molecule has 0 bridgehead atoms. The number of nitrogen functional groups attached to an aromatic ring is 4. The third-order valence-corrected chi connectivity index (χ3v) is 4.19. The van der Waals surface area contributed by atoms with Gasteiger partial charge in [-0.3, -0.25) is 0 Å². The summed E-state index contributed by atoms with van der Waals surface area (Å²) in [7, 11) is 0. The molecule has 0 saturated heterocycles. The lowest BCUT2D eigenvalue weighted by Gasteiger charge is -2.23. The molecule has 8 N–H and O–H groups in total. The summed E-state index contributed by atoms with van der Waals surface area (Å²) in [6, 6.07) is 10.7. The van der Waals surface area contributed by atoms with Gasteiger partial charge in [-0.1, -0.05) is 0 Å². The number of rotatable bonds is 10. The molecule has 0 fully saturated rings. The van der Waals surface area contributed by atoms with E-state index in [1.165, 1.54) is 0 Å². The topological polar surface area (TPSA) is 132 Å². The molecule has 0 aliphatic heterocycles. The molecule has 0 heterocycles. The maximum absolute atomic E-state index is 6.08. The maximum atomic E-state index is 6.08. The van der Waals surface area contributed by atoms with Crippen LogP contribution < -0.4 is 22.9 Å². The molecule has 2 unspecified atom stereocenters. The molecule has 0 spiro atoms. The standard InChI is InChI=1S/C20H30N4O3/c1-3-26-19(15-9-13(21)5-7-17(15)23)11-25-12-20(27-4-2)16-10-14(22)6-8-18(16)24/h5-10,19-20H,3-4,11-12,21-24H2,1-2H3. The Hall–Kier alpha value is -2.48. The Balaban J connectivity index is 2.09. The van der Waals surface area contributed by atoms with Crippen LogP contribution >= 0.6 is 0 Å². The van der Waals surface area contributed by atoms with Gasteiger partial charge >= 0.3 is 0 Å². The van der Waals surface area contributed by atoms with Crippen molar-refractivity contribution in [2.45, 2.75) is 26.1 Å². The summed E-state index contributed by atoms with van der Waals surface area (Å²) in [6.45, 7) is 5.52. The van der Waals surface area contributed by atoms with E-state index in [4.69, 9.17) is 37.1 Å². The highest BCUT2D eigenvalue weighted by molar-refractivity contribution is 5.57. The van der Waals surface area contributed by atoms with Gasteiger partial charge in [0.2, 0.25) is 0 Å². The van der Waals surface area contributed by atoms with E-state index in [-0.39, 0.29) is 12.2 Å². The lowest BCUT2D eigenvalue weighted by molar-refractivity contribution is -0.0549. The van der Waals surface area contributed by atoms with E-state index < -0.39 is 0 Å². The predicted octanol–water partition coefficient (Wildman–Crippen LogP) is 2.89. The monoisotopic (exact) mass is 374 g/mol. The lowest BCUT2D eigenvalue weighted by Crippen LogP contribution is -2.19. The summed E-state index contributed by atoms with van der Waals surface area (Å²) in [4.78, 5) is 0. The highest BCUT2D eigenvalue weighted by Gasteiger charge is 2.19. The molecule has 27 heavy (non-hydrogen) atoms. The van der Waals surface area contributed by atoms with Gasteiger partial charge in [-0.2, -0.15) is 0 Å². The first-order valence-corrected chi connectivity index (χ1v) is 9.06. The fourth-order valence-electron chi connectivity index (χ4n) is 2.88. The largest absolute Gasteiger partial charge is 0.399 e. The molecule has 148 valence electrons. The minimum absolute atomic E-state index is 0.313. The SMILES string of the molecule is CCOC(COCC(OCC)c1cc(N)ccc1N)c1cc(N)ccc1N. The number of hydrogen-bond acceptors (Lipinski definition) is 7. The molecule has 0 radical (unpaired) electrons. The van der Waals surface area contributed by atoms with Gasteiger partial charge in [0, 0.05) is 47.1 Å². The van der Waals surface area contributed by atoms with Crippen molar-refractivity contribution in [1.82, 2.24) is 0 Å². The van der Waals surface area contributed by atoms with Gasteiger partial charge in [-0.25, -0.2) is 0 Å². The summed E-state index contributed by atoms with van der Waals surface area (Å²) in [6.07, 6.45) is -0.641. The average molecular weight is 374 g/mol. The van der Waals surface area contributed by atoms with Gasteiger partial charge in [0.1, 0.15) is 12.2 Å². The molecule has 0 aliphatic rings. The van der Waals surface area contributed by atoms with Crippen LogP contribution in [0.15, 0.2) is 36.4 Å². The van der Waals surface area contributed by atoms with Crippen LogP contribution in [0.3, 0.4) is 0 Å². The minimum atomic E-state index is -0.320. The first-order valence-electron chi connectivity index (χ1n) is 9.06. The Labute approximate surface area is 160 Å². The Morgan fingerprint density at radius 2 is 1.11 bits per heavy atom. The molecular formula is C20H30N4O3. The predicted molar refractivity (Wildman–Crippen MR) is 110 cm³/mol. The van der Waals surface area contributed by atoms with Crippen molar-refractivity contribution in [3.05, 3.63) is 47.5 Å². The van der Waals surface area contributed by atoms with Crippen molar-refractivity contribution < 1.29 is 14.2 Å². The van der Waals surface area contributed by atoms with E-state index in [2.05, 4.69) is 0 Å². The second-order valence-electron chi connectivity index (χ2n) is 6.20. The Kier molecular flexibility index (Phi) is 7.72. The smallest absolute Gasteiger partial charge is 0.108 e. The van der Waals surface area contributed by atoms with E-state index in [0.29, 0.717) is 49.2 Å². The lowest BCUT2D eigenvalue weighted by atomic mass is 10.1. The van der Waals surface area contributed by atoms with Crippen molar-refractivity contribution in [2.24, 2.45) is 0 Å². The Bertz CT molecular complexity index is 678. The first kappa shape index (κ1) is 20.8. The highest BCUT2D eigenvalue weighted by atomic mass is 16.6. The Morgan fingerprint density at radius 1 is 0.704 bits per heavy atom. The number of benzene rings is 2. The molecule has 0 saturated carbocycles. The van der Waals surface area contributed by atoms with Crippen LogP contribution in [0.2, 0.25) is 0 Å². The van der Waals surface area contributed by atoms with Gasteiger partial charge in [-0.15, -0.1) is 0 Å². The number of hydrogen-bond donors (Lipinski definition) is 4. The van der Waals surface area contributed by atoms with Crippen LogP contribution in [0.1, 0.15) is 37.2 Å². The van der Waals surface area contributed by atoms with E-state index in [1.807, 2.05) is 26.0 Å². The van der Waals surface area contributed by atoms with Crippen LogP contribution in [0.4, 0.5) is 22.7 Å². The average Bonchev–Trinajstić information content (AvgIpc) is 2.64. The van der Waals surface area contributed by atoms with E-state index in [1.54, 1.807) is 24.3 Å². The summed E-state index contributed by atoms with van der Waals surface area (Å²) in [5, 5.41) is 0. The normalized spacial score (nSPS) is 13.4. The second kappa shape index (κ2) is 10.0. The third-order valence-electron chi connectivity index (χ3n) is 4.19. The van der Waals surface area contributed by atoms with E-state index in [9.17, 15) is 0 Å². The number of nitrogens with two attached hydrogens (primary N) is 4.